The van der Waals surface area contributed by atoms with Gasteiger partial charge in [-0.15, -0.1) is 0 Å². The molecule has 0 aromatic heterocycles. The number of benzene rings is 2. The molecule has 23 heavy (non-hydrogen) atoms. The topological polar surface area (TPSA) is 27.1 Å². The summed E-state index contributed by atoms with van der Waals surface area (Å²) in [5, 5.41) is 8.87. The summed E-state index contributed by atoms with van der Waals surface area (Å²) in [6.45, 7) is 5.29. The molecular formula is C21H28N2. The van der Waals surface area contributed by atoms with Gasteiger partial charge in [0.15, 0.2) is 0 Å². The highest BCUT2D eigenvalue weighted by Crippen LogP contribution is 2.41. The van der Waals surface area contributed by atoms with E-state index in [4.69, 9.17) is 5.41 Å². The number of nitrogens with one attached hydrogen (secondary N) is 1. The molecule has 0 amide bonds. The lowest BCUT2D eigenvalue weighted by Gasteiger charge is -2.42. The van der Waals surface area contributed by atoms with Gasteiger partial charge in [-0.05, 0) is 37.6 Å². The van der Waals surface area contributed by atoms with Crippen LogP contribution in [0.4, 0.5) is 0 Å². The fourth-order valence-corrected chi connectivity index (χ4v) is 3.75. The van der Waals surface area contributed by atoms with Crippen LogP contribution in [0.5, 0.6) is 0 Å². The van der Waals surface area contributed by atoms with Crippen molar-refractivity contribution in [3.63, 3.8) is 0 Å². The molecule has 2 aromatic carbocycles. The first-order chi connectivity index (χ1) is 11.0. The van der Waals surface area contributed by atoms with E-state index in [9.17, 15) is 0 Å². The predicted molar refractivity (Wildman–Crippen MR) is 99.4 cm³/mol. The van der Waals surface area contributed by atoms with E-state index in [2.05, 4.69) is 81.4 Å². The van der Waals surface area contributed by atoms with Crippen LogP contribution in [0.2, 0.25) is 0 Å². The molecule has 0 spiro atoms. The van der Waals surface area contributed by atoms with Gasteiger partial charge in [0.1, 0.15) is 0 Å². The van der Waals surface area contributed by atoms with Crippen LogP contribution in [0.15, 0.2) is 60.7 Å². The lowest BCUT2D eigenvalue weighted by atomic mass is 9.62. The molecule has 0 aliphatic heterocycles. The molecule has 0 saturated heterocycles. The van der Waals surface area contributed by atoms with Crippen molar-refractivity contribution in [3.05, 3.63) is 71.8 Å². The summed E-state index contributed by atoms with van der Waals surface area (Å²) in [7, 11) is 4.21. The molecule has 1 N–H and O–H groups in total. The second kappa shape index (κ2) is 7.56. The number of nitrogens with zero attached hydrogens (tertiary/aromatic N) is 1. The summed E-state index contributed by atoms with van der Waals surface area (Å²) in [6.07, 6.45) is 0.752. The normalized spacial score (nSPS) is 13.1. The van der Waals surface area contributed by atoms with Crippen molar-refractivity contribution in [2.24, 2.45) is 5.92 Å². The number of hydrogen-bond acceptors (Lipinski definition) is 2. The summed E-state index contributed by atoms with van der Waals surface area (Å²) in [5.74, 6) is 0.301. The second-order valence-corrected chi connectivity index (χ2v) is 6.54. The third-order valence-corrected chi connectivity index (χ3v) is 4.67. The molecule has 0 fully saturated rings. The minimum Gasteiger partial charge on any atom is -0.309 e. The summed E-state index contributed by atoms with van der Waals surface area (Å²) in [5.41, 5.74) is 2.84. The van der Waals surface area contributed by atoms with E-state index in [0.717, 1.165) is 18.7 Å². The Morgan fingerprint density at radius 3 is 1.74 bits per heavy atom. The van der Waals surface area contributed by atoms with Gasteiger partial charge in [0.2, 0.25) is 0 Å². The fourth-order valence-electron chi connectivity index (χ4n) is 3.75. The molecule has 0 saturated carbocycles. The second-order valence-electron chi connectivity index (χ2n) is 6.54. The maximum absolute atomic E-state index is 8.87. The fraction of sp³-hybridized carbons (Fsp3) is 0.381. The Morgan fingerprint density at radius 2 is 1.39 bits per heavy atom. The Balaban J connectivity index is 2.71. The van der Waals surface area contributed by atoms with E-state index >= 15 is 0 Å². The Hall–Kier alpha value is -1.93. The minimum atomic E-state index is -0.373. The van der Waals surface area contributed by atoms with Crippen molar-refractivity contribution in [3.8, 4) is 0 Å². The Kier molecular flexibility index (Phi) is 5.73. The summed E-state index contributed by atoms with van der Waals surface area (Å²) < 4.78 is 0. The van der Waals surface area contributed by atoms with Gasteiger partial charge < -0.3 is 10.3 Å². The molecule has 2 heteroatoms. The van der Waals surface area contributed by atoms with Gasteiger partial charge in [-0.25, -0.2) is 0 Å². The van der Waals surface area contributed by atoms with Crippen molar-refractivity contribution in [2.45, 2.75) is 25.7 Å². The lowest BCUT2D eigenvalue weighted by molar-refractivity contribution is 0.294. The van der Waals surface area contributed by atoms with Crippen LogP contribution in [0.3, 0.4) is 0 Å². The maximum atomic E-state index is 8.87. The first kappa shape index (κ1) is 17.4. The predicted octanol–water partition coefficient (Wildman–Crippen LogP) is 4.60. The molecule has 0 heterocycles. The van der Waals surface area contributed by atoms with Crippen molar-refractivity contribution in [1.82, 2.24) is 4.90 Å². The zero-order chi connectivity index (χ0) is 16.9. The first-order valence-electron chi connectivity index (χ1n) is 8.37. The van der Waals surface area contributed by atoms with E-state index in [1.54, 1.807) is 0 Å². The molecule has 0 radical (unpaired) electrons. The molecule has 1 atom stereocenters. The average molecular weight is 308 g/mol. The SMILES string of the molecule is CCC(=N)C(c1ccccc1)(c1ccccc1)C(C)CN(C)C. The monoisotopic (exact) mass is 308 g/mol. The largest absolute Gasteiger partial charge is 0.309 e. The summed E-state index contributed by atoms with van der Waals surface area (Å²) >= 11 is 0. The van der Waals surface area contributed by atoms with Crippen LogP contribution in [0.25, 0.3) is 0 Å². The quantitative estimate of drug-likeness (QED) is 0.744. The van der Waals surface area contributed by atoms with E-state index in [1.165, 1.54) is 11.1 Å². The third-order valence-electron chi connectivity index (χ3n) is 4.67. The molecule has 122 valence electrons. The molecule has 2 rings (SSSR count). The van der Waals surface area contributed by atoms with Gasteiger partial charge in [0.05, 0.1) is 5.41 Å². The molecule has 0 aliphatic rings. The molecule has 2 aromatic rings. The van der Waals surface area contributed by atoms with Gasteiger partial charge >= 0.3 is 0 Å². The highest BCUT2D eigenvalue weighted by atomic mass is 15.1. The van der Waals surface area contributed by atoms with E-state index < -0.39 is 0 Å². The Morgan fingerprint density at radius 1 is 0.957 bits per heavy atom. The van der Waals surface area contributed by atoms with Crippen molar-refractivity contribution < 1.29 is 0 Å². The van der Waals surface area contributed by atoms with Crippen LogP contribution in [-0.4, -0.2) is 31.3 Å². The van der Waals surface area contributed by atoms with Crippen LogP contribution >= 0.6 is 0 Å². The smallest absolute Gasteiger partial charge is 0.0615 e. The summed E-state index contributed by atoms with van der Waals surface area (Å²) in [4.78, 5) is 2.22. The van der Waals surface area contributed by atoms with Gasteiger partial charge in [0, 0.05) is 12.3 Å². The van der Waals surface area contributed by atoms with Gasteiger partial charge in [-0.3, -0.25) is 0 Å². The minimum absolute atomic E-state index is 0.301. The maximum Gasteiger partial charge on any atom is 0.0615 e. The molecular weight excluding hydrogens is 280 g/mol. The number of rotatable bonds is 7. The molecule has 0 bridgehead atoms. The van der Waals surface area contributed by atoms with Gasteiger partial charge in [0.25, 0.3) is 0 Å². The molecule has 2 nitrogen and oxygen atoms in total. The zero-order valence-electron chi connectivity index (χ0n) is 14.7. The van der Waals surface area contributed by atoms with Crippen LogP contribution in [0.1, 0.15) is 31.4 Å². The third kappa shape index (κ3) is 3.37. The molecule has 1 unspecified atom stereocenters. The average Bonchev–Trinajstić information content (AvgIpc) is 2.56. The molecule has 0 aliphatic carbocycles. The standard InChI is InChI=1S/C21H28N2/c1-5-20(22)21(17(2)16-23(3)4,18-12-8-6-9-13-18)19-14-10-7-11-15-19/h6-15,17,22H,5,16H2,1-4H3. The highest BCUT2D eigenvalue weighted by molar-refractivity contribution is 5.96. The summed E-state index contributed by atoms with van der Waals surface area (Å²) in [6, 6.07) is 21.1. The lowest BCUT2D eigenvalue weighted by Crippen LogP contribution is -2.46. The Bertz CT molecular complexity index is 577. The van der Waals surface area contributed by atoms with E-state index in [0.29, 0.717) is 5.92 Å². The van der Waals surface area contributed by atoms with Crippen molar-refractivity contribution in [1.29, 1.82) is 5.41 Å². The zero-order valence-corrected chi connectivity index (χ0v) is 14.7. The van der Waals surface area contributed by atoms with Crippen molar-refractivity contribution >= 4 is 5.71 Å². The first-order valence-corrected chi connectivity index (χ1v) is 8.37. The van der Waals surface area contributed by atoms with Gasteiger partial charge in [-0.2, -0.15) is 0 Å². The number of hydrogen-bond donors (Lipinski definition) is 1. The highest BCUT2D eigenvalue weighted by Gasteiger charge is 2.42. The van der Waals surface area contributed by atoms with Crippen LogP contribution < -0.4 is 0 Å². The van der Waals surface area contributed by atoms with E-state index in [-0.39, 0.29) is 5.41 Å². The van der Waals surface area contributed by atoms with Crippen molar-refractivity contribution in [2.75, 3.05) is 20.6 Å². The van der Waals surface area contributed by atoms with Crippen LogP contribution in [-0.2, 0) is 5.41 Å². The Labute approximate surface area is 140 Å². The van der Waals surface area contributed by atoms with Gasteiger partial charge in [-0.1, -0.05) is 74.5 Å². The van der Waals surface area contributed by atoms with E-state index in [1.807, 2.05) is 12.1 Å². The van der Waals surface area contributed by atoms with Crippen LogP contribution in [0, 0.1) is 11.3 Å².